The molecule has 0 aromatic heterocycles. The first kappa shape index (κ1) is 19.8. The predicted octanol–water partition coefficient (Wildman–Crippen LogP) is -7.45. The van der Waals surface area contributed by atoms with Crippen LogP contribution in [-0.4, -0.2) is 31.6 Å². The summed E-state index contributed by atoms with van der Waals surface area (Å²) in [6.45, 7) is 0.479. The van der Waals surface area contributed by atoms with Crippen LogP contribution in [0, 0.1) is 0 Å². The monoisotopic (exact) mass is 258 g/mol. The Hall–Kier alpha value is -0.720. The molecule has 0 amide bonds. The molecule has 0 saturated carbocycles. The van der Waals surface area contributed by atoms with Gasteiger partial charge in [0.1, 0.15) is 6.04 Å². The van der Waals surface area contributed by atoms with E-state index in [9.17, 15) is 4.79 Å². The fraction of sp³-hybridized carbons (Fsp3) is 0.714. The molecule has 0 aromatic carbocycles. The number of carbonyl (C=O) groups is 1. The predicted molar refractivity (Wildman–Crippen MR) is 49.9 cm³/mol. The van der Waals surface area contributed by atoms with Gasteiger partial charge < -0.3 is 46.8 Å². The molecule has 8 heteroatoms. The van der Waals surface area contributed by atoms with Gasteiger partial charge in [-0.2, -0.15) is 0 Å². The summed E-state index contributed by atoms with van der Waals surface area (Å²) in [5, 5.41) is 0. The van der Waals surface area contributed by atoms with Gasteiger partial charge in [0, 0.05) is 6.54 Å². The molecule has 0 saturated heterocycles. The molecule has 0 aromatic rings. The zero-order chi connectivity index (χ0) is 10.3. The van der Waals surface area contributed by atoms with Crippen LogP contribution in [0.5, 0.6) is 0 Å². The number of aliphatic imine (C=N–C) groups is 1. The lowest BCUT2D eigenvalue weighted by molar-refractivity contribution is -0.142. The van der Waals surface area contributed by atoms with Gasteiger partial charge >= 0.3 is 5.97 Å². The second-order valence-corrected chi connectivity index (χ2v) is 2.58. The number of hydrogen-bond acceptors (Lipinski definition) is 4. The van der Waals surface area contributed by atoms with Gasteiger partial charge in [0.25, 0.3) is 0 Å². The smallest absolute Gasteiger partial charge is 0.322 e. The first-order valence-electron chi connectivity index (χ1n) is 3.96. The number of rotatable bonds is 5. The van der Waals surface area contributed by atoms with Crippen molar-refractivity contribution in [2.75, 3.05) is 13.7 Å². The highest BCUT2D eigenvalue weighted by molar-refractivity contribution is 5.76. The second-order valence-electron chi connectivity index (χ2n) is 2.58. The van der Waals surface area contributed by atoms with Crippen molar-refractivity contribution in [2.24, 2.45) is 22.2 Å². The summed E-state index contributed by atoms with van der Waals surface area (Å²) < 4.78 is 4.44. The van der Waals surface area contributed by atoms with Crippen LogP contribution >= 0.6 is 0 Å². The molecule has 0 rings (SSSR count). The van der Waals surface area contributed by atoms with Gasteiger partial charge in [-0.15, -0.1) is 0 Å². The second kappa shape index (κ2) is 11.4. The topological polar surface area (TPSA) is 117 Å². The quantitative estimate of drug-likeness (QED) is 0.196. The molecule has 1 atom stereocenters. The van der Waals surface area contributed by atoms with Crippen LogP contribution in [0.2, 0.25) is 0 Å². The number of hydrogen-bond donors (Lipinski definition) is 3. The number of halogens is 2. The number of ether oxygens (including phenoxy) is 1. The lowest BCUT2D eigenvalue weighted by Crippen LogP contribution is -3.00. The normalized spacial score (nSPS) is 10.3. The maximum absolute atomic E-state index is 10.8. The van der Waals surface area contributed by atoms with Gasteiger partial charge in [0.05, 0.1) is 7.11 Å². The van der Waals surface area contributed by atoms with E-state index in [0.717, 1.165) is 0 Å². The van der Waals surface area contributed by atoms with Crippen molar-refractivity contribution in [3.63, 3.8) is 0 Å². The highest BCUT2D eigenvalue weighted by atomic mass is 35.5. The fourth-order valence-corrected chi connectivity index (χ4v) is 0.789. The molecule has 0 spiro atoms. The van der Waals surface area contributed by atoms with Gasteiger partial charge in [-0.3, -0.25) is 9.79 Å². The van der Waals surface area contributed by atoms with E-state index in [1.54, 1.807) is 0 Å². The summed E-state index contributed by atoms with van der Waals surface area (Å²) in [6.07, 6.45) is 1.18. The van der Waals surface area contributed by atoms with Gasteiger partial charge in [-0.05, 0) is 12.8 Å². The third-order valence-corrected chi connectivity index (χ3v) is 1.47. The summed E-state index contributed by atoms with van der Waals surface area (Å²) in [6, 6.07) is -0.584. The minimum atomic E-state index is -0.584. The maximum atomic E-state index is 10.8. The molecule has 0 aliphatic heterocycles. The summed E-state index contributed by atoms with van der Waals surface area (Å²) in [4.78, 5) is 14.6. The summed E-state index contributed by atoms with van der Waals surface area (Å²) in [5.41, 5.74) is 15.7. The number of nitrogens with zero attached hydrogens (tertiary/aromatic N) is 1. The van der Waals surface area contributed by atoms with E-state index in [-0.39, 0.29) is 30.8 Å². The number of guanidine groups is 1. The van der Waals surface area contributed by atoms with Crippen LogP contribution < -0.4 is 42.0 Å². The van der Waals surface area contributed by atoms with Crippen molar-refractivity contribution in [2.45, 2.75) is 18.9 Å². The van der Waals surface area contributed by atoms with E-state index < -0.39 is 12.0 Å². The van der Waals surface area contributed by atoms with Crippen LogP contribution in [-0.2, 0) is 9.53 Å². The molecule has 0 heterocycles. The first-order valence-corrected chi connectivity index (χ1v) is 3.96. The first-order chi connectivity index (χ1) is 6.07. The molecule has 0 fully saturated rings. The molecule has 6 nitrogen and oxygen atoms in total. The zero-order valence-electron chi connectivity index (χ0n) is 8.45. The Bertz CT molecular complexity index is 197. The molecule has 0 radical (unpaired) electrons. The molecule has 92 valence electrons. The molecule has 15 heavy (non-hydrogen) atoms. The van der Waals surface area contributed by atoms with Crippen molar-refractivity contribution in [3.8, 4) is 0 Å². The standard InChI is InChI=1S/C7H16N4O2.2ClH/c1-13-6(12)5(8)3-2-4-11-7(9)10;;/h5H,2-4,8H2,1H3,(H4,9,10,11);2*1H/p-2/t5-;;/m0../s1. The molecule has 0 bridgehead atoms. The molecule has 6 N–H and O–H groups in total. The molecule has 0 aliphatic rings. The van der Waals surface area contributed by atoms with Crippen molar-refractivity contribution >= 4 is 11.9 Å². The van der Waals surface area contributed by atoms with Gasteiger partial charge in [-0.1, -0.05) is 0 Å². The lowest BCUT2D eigenvalue weighted by Gasteiger charge is -2.07. The Morgan fingerprint density at radius 3 is 2.33 bits per heavy atom. The Balaban J connectivity index is -0.000000720. The number of nitrogens with two attached hydrogens (primary N) is 3. The third-order valence-electron chi connectivity index (χ3n) is 1.47. The van der Waals surface area contributed by atoms with Crippen LogP contribution in [0.25, 0.3) is 0 Å². The summed E-state index contributed by atoms with van der Waals surface area (Å²) in [5.74, 6) is -0.365. The Kier molecular flexibility index (Phi) is 15.0. The molecule has 0 unspecified atom stereocenters. The van der Waals surface area contributed by atoms with Gasteiger partial charge in [0.15, 0.2) is 5.96 Å². The number of methoxy groups -OCH3 is 1. The van der Waals surface area contributed by atoms with Crippen molar-refractivity contribution < 1.29 is 34.3 Å². The van der Waals surface area contributed by atoms with E-state index in [4.69, 9.17) is 17.2 Å². The SMILES string of the molecule is COC(=O)[C@@H](N)CCCN=C(N)N.[Cl-].[Cl-]. The number of carbonyl (C=O) groups excluding carboxylic acids is 1. The Morgan fingerprint density at radius 1 is 1.40 bits per heavy atom. The average molecular weight is 259 g/mol. The van der Waals surface area contributed by atoms with E-state index in [2.05, 4.69) is 9.73 Å². The van der Waals surface area contributed by atoms with Crippen LogP contribution in [0.15, 0.2) is 4.99 Å². The van der Waals surface area contributed by atoms with Gasteiger partial charge in [0.2, 0.25) is 0 Å². The molecular weight excluding hydrogens is 243 g/mol. The number of esters is 1. The van der Waals surface area contributed by atoms with Gasteiger partial charge in [-0.25, -0.2) is 0 Å². The zero-order valence-corrected chi connectivity index (χ0v) is 9.96. The summed E-state index contributed by atoms with van der Waals surface area (Å²) >= 11 is 0. The molecular formula is C7H16Cl2N4O2-2. The lowest BCUT2D eigenvalue weighted by atomic mass is 10.2. The third kappa shape index (κ3) is 11.2. The minimum Gasteiger partial charge on any atom is -1.00 e. The highest BCUT2D eigenvalue weighted by Gasteiger charge is 2.11. The van der Waals surface area contributed by atoms with Crippen LogP contribution in [0.4, 0.5) is 0 Å². The largest absolute Gasteiger partial charge is 1.00 e. The van der Waals surface area contributed by atoms with E-state index >= 15 is 0 Å². The maximum Gasteiger partial charge on any atom is 0.322 e. The van der Waals surface area contributed by atoms with E-state index in [1.165, 1.54) is 7.11 Å². The van der Waals surface area contributed by atoms with E-state index in [1.807, 2.05) is 0 Å². The Morgan fingerprint density at radius 2 is 1.93 bits per heavy atom. The van der Waals surface area contributed by atoms with Crippen molar-refractivity contribution in [1.82, 2.24) is 0 Å². The minimum absolute atomic E-state index is 0. The fourth-order valence-electron chi connectivity index (χ4n) is 0.789. The van der Waals surface area contributed by atoms with E-state index in [0.29, 0.717) is 19.4 Å². The van der Waals surface area contributed by atoms with Crippen LogP contribution in [0.3, 0.4) is 0 Å². The molecule has 0 aliphatic carbocycles. The summed E-state index contributed by atoms with van der Waals surface area (Å²) in [7, 11) is 1.30. The Labute approximate surface area is 101 Å². The highest BCUT2D eigenvalue weighted by Crippen LogP contribution is 1.96. The van der Waals surface area contributed by atoms with Crippen molar-refractivity contribution in [1.29, 1.82) is 0 Å². The van der Waals surface area contributed by atoms with Crippen LogP contribution in [0.1, 0.15) is 12.8 Å². The van der Waals surface area contributed by atoms with Crippen molar-refractivity contribution in [3.05, 3.63) is 0 Å². The average Bonchev–Trinajstić information content (AvgIpc) is 2.10.